The van der Waals surface area contributed by atoms with Gasteiger partial charge in [-0.05, 0) is 62.3 Å². The van der Waals surface area contributed by atoms with Gasteiger partial charge < -0.3 is 0 Å². The summed E-state index contributed by atoms with van der Waals surface area (Å²) < 4.78 is 25.8. The van der Waals surface area contributed by atoms with Crippen LogP contribution in [-0.4, -0.2) is 87.2 Å². The molecule has 0 saturated heterocycles. The Bertz CT molecular complexity index is 4090. The number of aryl methyl sites for hydroxylation is 17. The summed E-state index contributed by atoms with van der Waals surface area (Å²) in [5.74, 6) is 8.88. The van der Waals surface area contributed by atoms with Crippen LogP contribution < -0.4 is 27.4 Å². The molecule has 0 amide bonds. The molecule has 0 fully saturated rings. The Balaban J connectivity index is 0.000000143. The number of aromatic nitrogens is 24. The van der Waals surface area contributed by atoms with E-state index in [9.17, 15) is 0 Å². The van der Waals surface area contributed by atoms with Crippen LogP contribution in [0.15, 0.2) is 43.6 Å². The van der Waals surface area contributed by atoms with Gasteiger partial charge in [-0.3, -0.25) is 18.3 Å². The van der Waals surface area contributed by atoms with Crippen molar-refractivity contribution in [1.82, 2.24) is 87.2 Å². The SMILES string of the molecule is CCn1c(C)[n+](C)c2nc(C)cnc21.CCn1c(C)[n+](C)c2nc(C)nc(C)c21.CCn1c(C)[n+](C)c2nc(C)ncc21.CCn1c(C)[n+](C)c2nccnc21.CCn1c(C)[n+](C)c2ncnc(C)c21.CCn1c(C)[n+](C)c2ncncc21. The van der Waals surface area contributed by atoms with E-state index >= 15 is 0 Å². The van der Waals surface area contributed by atoms with Crippen LogP contribution in [-0.2, 0) is 81.6 Å². The fourth-order valence-electron chi connectivity index (χ4n) is 10.8. The van der Waals surface area contributed by atoms with Crippen LogP contribution >= 0.6 is 0 Å². The molecule has 438 valence electrons. The van der Waals surface area contributed by atoms with Gasteiger partial charge >= 0.3 is 33.9 Å². The lowest BCUT2D eigenvalue weighted by molar-refractivity contribution is -0.654. The molecule has 0 radical (unpaired) electrons. The summed E-state index contributed by atoms with van der Waals surface area (Å²) in [6.07, 6.45) is 12.2. The van der Waals surface area contributed by atoms with Crippen LogP contribution in [0.1, 0.15) is 105 Å². The third kappa shape index (κ3) is 11.9. The molecule has 0 spiro atoms. The Morgan fingerprint density at radius 3 is 1.34 bits per heavy atom. The minimum Gasteiger partial charge on any atom is -0.257 e. The highest BCUT2D eigenvalue weighted by Crippen LogP contribution is 2.17. The van der Waals surface area contributed by atoms with Crippen molar-refractivity contribution < 1.29 is 27.4 Å². The van der Waals surface area contributed by atoms with Crippen molar-refractivity contribution >= 4 is 67.2 Å². The van der Waals surface area contributed by atoms with Crippen LogP contribution in [0.2, 0.25) is 0 Å². The molecule has 0 atom stereocenters. The number of imidazole rings is 6. The molecule has 0 unspecified atom stereocenters. The van der Waals surface area contributed by atoms with Crippen LogP contribution in [0, 0.1) is 76.2 Å². The van der Waals surface area contributed by atoms with E-state index in [1.165, 1.54) is 34.9 Å². The molecule has 12 heterocycles. The zero-order chi connectivity index (χ0) is 60.9. The third-order valence-electron chi connectivity index (χ3n) is 15.9. The van der Waals surface area contributed by atoms with Crippen molar-refractivity contribution in [3.8, 4) is 0 Å². The van der Waals surface area contributed by atoms with E-state index in [-0.39, 0.29) is 0 Å². The highest BCUT2D eigenvalue weighted by Gasteiger charge is 2.25. The third-order valence-corrected chi connectivity index (χ3v) is 15.9. The van der Waals surface area contributed by atoms with Gasteiger partial charge in [-0.1, -0.05) is 19.9 Å². The lowest BCUT2D eigenvalue weighted by Gasteiger charge is -1.97. The van der Waals surface area contributed by atoms with Crippen molar-refractivity contribution in [2.75, 3.05) is 0 Å². The van der Waals surface area contributed by atoms with E-state index in [4.69, 9.17) is 0 Å². The van der Waals surface area contributed by atoms with Gasteiger partial charge in [-0.25, -0.2) is 66.4 Å². The number of rotatable bonds is 6. The first-order chi connectivity index (χ1) is 39.5. The van der Waals surface area contributed by atoms with Gasteiger partial charge in [0.1, 0.15) is 11.9 Å². The Morgan fingerprint density at radius 1 is 0.325 bits per heavy atom. The van der Waals surface area contributed by atoms with E-state index < -0.39 is 0 Å². The fraction of sp³-hybridized carbons (Fsp3) is 0.492. The van der Waals surface area contributed by atoms with Crippen LogP contribution in [0.5, 0.6) is 0 Å². The quantitative estimate of drug-likeness (QED) is 0.201. The molecule has 0 bridgehead atoms. The summed E-state index contributed by atoms with van der Waals surface area (Å²) in [6, 6.07) is 0. The molecule has 83 heavy (non-hydrogen) atoms. The Labute approximate surface area is 486 Å². The Kier molecular flexibility index (Phi) is 19.4. The molecule has 24 heteroatoms. The summed E-state index contributed by atoms with van der Waals surface area (Å²) in [7, 11) is 12.2. The van der Waals surface area contributed by atoms with Crippen LogP contribution in [0.4, 0.5) is 0 Å². The van der Waals surface area contributed by atoms with Crippen molar-refractivity contribution in [3.05, 3.63) is 107 Å². The highest BCUT2D eigenvalue weighted by atomic mass is 15.2. The number of nitrogens with zero attached hydrogens (tertiary/aromatic N) is 24. The van der Waals surface area contributed by atoms with Crippen LogP contribution in [0.3, 0.4) is 0 Å². The monoisotopic (exact) mass is 1130 g/mol. The Morgan fingerprint density at radius 2 is 0.759 bits per heavy atom. The minimum absolute atomic E-state index is 0.821. The van der Waals surface area contributed by atoms with Crippen molar-refractivity contribution in [1.29, 1.82) is 0 Å². The van der Waals surface area contributed by atoms with E-state index in [0.717, 1.165) is 135 Å². The second-order valence-corrected chi connectivity index (χ2v) is 20.5. The predicted molar refractivity (Wildman–Crippen MR) is 318 cm³/mol. The second kappa shape index (κ2) is 26.0. The van der Waals surface area contributed by atoms with Gasteiger partial charge in [-0.15, -0.1) is 9.97 Å². The number of fused-ring (bicyclic) bond motifs is 6. The molecule has 12 aromatic heterocycles. The molecule has 0 aromatic carbocycles. The van der Waals surface area contributed by atoms with E-state index in [1.807, 2.05) is 88.4 Å². The van der Waals surface area contributed by atoms with Gasteiger partial charge in [0.05, 0.1) is 118 Å². The zero-order valence-corrected chi connectivity index (χ0v) is 53.5. The van der Waals surface area contributed by atoms with Gasteiger partial charge in [0.25, 0.3) is 11.3 Å². The van der Waals surface area contributed by atoms with E-state index in [2.05, 4.69) is 205 Å². The van der Waals surface area contributed by atoms with Gasteiger partial charge in [0.2, 0.25) is 46.6 Å². The van der Waals surface area contributed by atoms with E-state index in [1.54, 1.807) is 25.0 Å². The maximum atomic E-state index is 4.50. The maximum Gasteiger partial charge on any atom is 0.322 e. The average molecular weight is 1130 g/mol. The van der Waals surface area contributed by atoms with Gasteiger partial charge in [0, 0.05) is 55.4 Å². The lowest BCUT2D eigenvalue weighted by Crippen LogP contribution is -2.31. The fourth-order valence-corrected chi connectivity index (χ4v) is 10.8. The molecular formula is C59H88N24+6. The number of hydrogen-bond acceptors (Lipinski definition) is 12. The van der Waals surface area contributed by atoms with Crippen LogP contribution in [0.25, 0.3) is 67.2 Å². The molecule has 0 aliphatic heterocycles. The lowest BCUT2D eigenvalue weighted by atomic mass is 10.3. The number of hydrogen-bond donors (Lipinski definition) is 0. The second-order valence-electron chi connectivity index (χ2n) is 20.5. The molecule has 0 N–H and O–H groups in total. The zero-order valence-electron chi connectivity index (χ0n) is 53.5. The minimum atomic E-state index is 0.821. The van der Waals surface area contributed by atoms with Crippen molar-refractivity contribution in [2.45, 2.75) is 157 Å². The molecule has 0 aliphatic rings. The molecule has 0 aliphatic carbocycles. The van der Waals surface area contributed by atoms with Gasteiger partial charge in [0.15, 0.2) is 34.7 Å². The first-order valence-electron chi connectivity index (χ1n) is 28.6. The average Bonchev–Trinajstić information content (AvgIpc) is 4.35. The summed E-state index contributed by atoms with van der Waals surface area (Å²) >= 11 is 0. The Hall–Kier alpha value is -8.70. The first kappa shape index (κ1) is 61.9. The summed E-state index contributed by atoms with van der Waals surface area (Å²) in [5, 5.41) is 0. The van der Waals surface area contributed by atoms with Gasteiger partial charge in [-0.2, -0.15) is 0 Å². The molecule has 0 saturated carbocycles. The molecule has 12 rings (SSSR count). The predicted octanol–water partition coefficient (Wildman–Crippen LogP) is 5.05. The summed E-state index contributed by atoms with van der Waals surface area (Å²) in [6.45, 7) is 40.9. The topological polar surface area (TPSA) is 208 Å². The first-order valence-corrected chi connectivity index (χ1v) is 28.6. The summed E-state index contributed by atoms with van der Waals surface area (Å²) in [5.41, 5.74) is 15.5. The summed E-state index contributed by atoms with van der Waals surface area (Å²) in [4.78, 5) is 51.9. The normalized spacial score (nSPS) is 11.1. The molecular weight excluding hydrogens is 1040 g/mol. The largest absolute Gasteiger partial charge is 0.322 e. The highest BCUT2D eigenvalue weighted by molar-refractivity contribution is 5.71. The standard InChI is InChI=1S/C11H17N4.3C10H15N4.2C9H13N4/c1-6-15-9(4)14(5)11-10(15)7(2)12-8(3)13-11;1-5-14-8(3)13(4)10-9(14)7(2)11-6-12-10;1-5-14-8(3)13(4)10-9(14)6-11-7(2)12-10;1-5-14-8(3)13(4)10-9(14)11-6-7(2)12-10;1-4-13-7(2)12(3)9-8(13)5-10-6-11-9;1-4-13-7(2)12(3)8-9(13)11-6-5-10-8/h6H2,1-5H3;3*6H,5H2,1-4H3;2*5-6H,4H2,1-3H3/q6*+1. The van der Waals surface area contributed by atoms with E-state index in [0.29, 0.717) is 0 Å². The van der Waals surface area contributed by atoms with Crippen molar-refractivity contribution in [3.63, 3.8) is 0 Å². The molecule has 24 nitrogen and oxygen atoms in total. The van der Waals surface area contributed by atoms with Crippen molar-refractivity contribution in [2.24, 2.45) is 42.3 Å². The smallest absolute Gasteiger partial charge is 0.257 e. The maximum absolute atomic E-state index is 4.50. The molecule has 12 aromatic rings.